The van der Waals surface area contributed by atoms with Gasteiger partial charge < -0.3 is 10.0 Å². The summed E-state index contributed by atoms with van der Waals surface area (Å²) in [6.45, 7) is 16.7. The van der Waals surface area contributed by atoms with Crippen LogP contribution in [0.15, 0.2) is 23.3 Å². The third-order valence-electron chi connectivity index (χ3n) is 14.4. The molecule has 3 saturated carbocycles. The largest absolute Gasteiger partial charge is 0.391 e. The zero-order chi connectivity index (χ0) is 31.4. The molecule has 6 rings (SSSR count). The molecule has 5 aliphatic carbocycles. The summed E-state index contributed by atoms with van der Waals surface area (Å²) in [7, 11) is 0. The molecule has 8 unspecified atom stereocenters. The van der Waals surface area contributed by atoms with Crippen LogP contribution >= 0.6 is 0 Å². The highest BCUT2D eigenvalue weighted by molar-refractivity contribution is 6.04. The van der Waals surface area contributed by atoms with Crippen molar-refractivity contribution in [2.24, 2.45) is 50.2 Å². The maximum absolute atomic E-state index is 14.7. The number of aliphatic hydroxyl groups excluding tert-OH is 1. The lowest BCUT2D eigenvalue weighted by Crippen LogP contribution is -2.64. The van der Waals surface area contributed by atoms with Gasteiger partial charge in [0.2, 0.25) is 5.91 Å². The molecule has 1 aliphatic heterocycles. The summed E-state index contributed by atoms with van der Waals surface area (Å²) >= 11 is 0. The van der Waals surface area contributed by atoms with Crippen molar-refractivity contribution in [3.05, 3.63) is 23.3 Å². The lowest BCUT2D eigenvalue weighted by molar-refractivity contribution is -0.173. The van der Waals surface area contributed by atoms with Gasteiger partial charge >= 0.3 is 0 Å². The average Bonchev–Trinajstić information content (AvgIpc) is 3.37. The van der Waals surface area contributed by atoms with Crippen molar-refractivity contribution in [2.45, 2.75) is 119 Å². The van der Waals surface area contributed by atoms with Crippen molar-refractivity contribution >= 4 is 17.5 Å². The molecule has 6 heteroatoms. The molecule has 1 N–H and O–H groups in total. The van der Waals surface area contributed by atoms with E-state index in [1.54, 1.807) is 0 Å². The Bertz CT molecular complexity index is 1370. The fraction of sp³-hybridized carbons (Fsp3) is 0.784. The number of hydrogen-bond acceptors (Lipinski definition) is 5. The highest BCUT2D eigenvalue weighted by Gasteiger charge is 2.69. The average molecular weight is 589 g/mol. The monoisotopic (exact) mass is 588 g/mol. The Kier molecular flexibility index (Phi) is 6.88. The second-order valence-electron chi connectivity index (χ2n) is 17.4. The first-order valence-corrected chi connectivity index (χ1v) is 16.8. The van der Waals surface area contributed by atoms with Gasteiger partial charge in [-0.1, -0.05) is 60.1 Å². The summed E-state index contributed by atoms with van der Waals surface area (Å²) in [4.78, 5) is 43.1. The molecule has 1 saturated heterocycles. The van der Waals surface area contributed by atoms with Crippen molar-refractivity contribution in [2.75, 3.05) is 13.1 Å². The van der Waals surface area contributed by atoms with Gasteiger partial charge in [0.1, 0.15) is 6.07 Å². The Labute approximate surface area is 258 Å². The van der Waals surface area contributed by atoms with Gasteiger partial charge in [-0.3, -0.25) is 14.4 Å². The number of allylic oxidation sites excluding steroid dienone is 4. The molecule has 0 radical (unpaired) electrons. The summed E-state index contributed by atoms with van der Waals surface area (Å²) in [5, 5.41) is 20.0. The molecule has 0 spiro atoms. The van der Waals surface area contributed by atoms with E-state index >= 15 is 0 Å². The minimum absolute atomic E-state index is 0.0285. The molecule has 43 heavy (non-hydrogen) atoms. The molecule has 0 aromatic carbocycles. The van der Waals surface area contributed by atoms with Crippen LogP contribution in [-0.4, -0.2) is 46.7 Å². The fourth-order valence-electron chi connectivity index (χ4n) is 11.7. The Morgan fingerprint density at radius 3 is 2.37 bits per heavy atom. The fourth-order valence-corrected chi connectivity index (χ4v) is 11.7. The first-order chi connectivity index (χ1) is 19.9. The van der Waals surface area contributed by atoms with Crippen LogP contribution < -0.4 is 0 Å². The van der Waals surface area contributed by atoms with Crippen LogP contribution in [0, 0.1) is 61.6 Å². The predicted octanol–water partition coefficient (Wildman–Crippen LogP) is 6.58. The molecule has 6 nitrogen and oxygen atoms in total. The SMILES string of the molecule is CC1(C)CCC2(CCC(=O)N3CCC(O)C3)CCC3(C)C(C(=O)C=C4C5(C)C=C(C#N)C(=O)C(C)(C)C5CCC43C)C2C1. The van der Waals surface area contributed by atoms with E-state index in [1.165, 1.54) is 0 Å². The maximum atomic E-state index is 14.7. The van der Waals surface area contributed by atoms with Gasteiger partial charge in [0.15, 0.2) is 11.6 Å². The van der Waals surface area contributed by atoms with E-state index in [9.17, 15) is 24.8 Å². The van der Waals surface area contributed by atoms with E-state index in [0.717, 1.165) is 56.9 Å². The lowest BCUT2D eigenvalue weighted by Gasteiger charge is -2.69. The Morgan fingerprint density at radius 2 is 1.72 bits per heavy atom. The quantitative estimate of drug-likeness (QED) is 0.402. The number of likely N-dealkylation sites (tertiary alicyclic amines) is 1. The van der Waals surface area contributed by atoms with Gasteiger partial charge in [-0.05, 0) is 97.4 Å². The summed E-state index contributed by atoms with van der Waals surface area (Å²) in [5.41, 5.74) is -0.156. The molecular weight excluding hydrogens is 536 g/mol. The van der Waals surface area contributed by atoms with Crippen LogP contribution in [0.3, 0.4) is 0 Å². The van der Waals surface area contributed by atoms with Crippen molar-refractivity contribution < 1.29 is 19.5 Å². The molecule has 1 amide bonds. The smallest absolute Gasteiger partial charge is 0.222 e. The topological polar surface area (TPSA) is 98.5 Å². The third-order valence-corrected chi connectivity index (χ3v) is 14.4. The number of rotatable bonds is 3. The van der Waals surface area contributed by atoms with Gasteiger partial charge in [-0.2, -0.15) is 5.26 Å². The molecule has 6 aliphatic rings. The molecular formula is C37H52N2O4. The van der Waals surface area contributed by atoms with Crippen molar-refractivity contribution in [3.63, 3.8) is 0 Å². The van der Waals surface area contributed by atoms with Crippen LogP contribution in [0.4, 0.5) is 0 Å². The molecule has 0 bridgehead atoms. The number of fused-ring (bicyclic) bond motifs is 7. The summed E-state index contributed by atoms with van der Waals surface area (Å²) < 4.78 is 0. The number of β-amino-alcohol motifs (C(OH)–C–C–N with tert-alkyl or cyclic N) is 1. The number of hydrogen-bond donors (Lipinski definition) is 1. The molecule has 0 aromatic heterocycles. The highest BCUT2D eigenvalue weighted by atomic mass is 16.3. The highest BCUT2D eigenvalue weighted by Crippen LogP contribution is 2.75. The lowest BCUT2D eigenvalue weighted by atomic mass is 9.34. The molecule has 1 heterocycles. The first-order valence-electron chi connectivity index (χ1n) is 16.8. The normalized spacial score (nSPS) is 44.7. The Balaban J connectivity index is 1.40. The summed E-state index contributed by atoms with van der Waals surface area (Å²) in [5.74, 6) is 0.457. The van der Waals surface area contributed by atoms with Crippen molar-refractivity contribution in [3.8, 4) is 6.07 Å². The van der Waals surface area contributed by atoms with E-state index in [-0.39, 0.29) is 62.5 Å². The van der Waals surface area contributed by atoms with Crippen LogP contribution in [0.1, 0.15) is 113 Å². The number of carbonyl (C=O) groups is 3. The van der Waals surface area contributed by atoms with Crippen LogP contribution in [-0.2, 0) is 14.4 Å². The van der Waals surface area contributed by atoms with Gasteiger partial charge in [0.05, 0.1) is 11.7 Å². The molecule has 0 aromatic rings. The van der Waals surface area contributed by atoms with Crippen molar-refractivity contribution in [1.29, 1.82) is 5.26 Å². The molecule has 4 fully saturated rings. The number of Topliss-reactive ketones (excluding diaryl/α,β-unsaturated/α-hetero) is 1. The van der Waals surface area contributed by atoms with Gasteiger partial charge in [0.25, 0.3) is 0 Å². The Hall–Kier alpha value is -2.26. The maximum Gasteiger partial charge on any atom is 0.222 e. The number of nitrogens with zero attached hydrogens (tertiary/aromatic N) is 2. The summed E-state index contributed by atoms with van der Waals surface area (Å²) in [6, 6.07) is 2.20. The minimum atomic E-state index is -0.662. The number of amides is 1. The number of ketones is 2. The van der Waals surface area contributed by atoms with E-state index in [4.69, 9.17) is 0 Å². The van der Waals surface area contributed by atoms with E-state index < -0.39 is 16.9 Å². The Morgan fingerprint density at radius 1 is 1.02 bits per heavy atom. The predicted molar refractivity (Wildman–Crippen MR) is 165 cm³/mol. The van der Waals surface area contributed by atoms with Crippen LogP contribution in [0.5, 0.6) is 0 Å². The third kappa shape index (κ3) is 4.23. The van der Waals surface area contributed by atoms with Crippen molar-refractivity contribution in [1.82, 2.24) is 4.90 Å². The standard InChI is InChI=1S/C37H52N2O4/c1-32(2)13-15-37(12-9-29(42)39-17-10-24(40)22-39)16-14-36(7)30(25(37)20-32)26(41)18-28-34(5)19-23(21-38)31(43)33(3,4)27(34)8-11-35(28,36)6/h18-19,24-25,27,30,40H,8-17,20,22H2,1-7H3. The number of aliphatic hydroxyl groups is 1. The zero-order valence-electron chi connectivity index (χ0n) is 27.5. The van der Waals surface area contributed by atoms with E-state index in [0.29, 0.717) is 25.9 Å². The second kappa shape index (κ2) is 9.62. The number of carbonyl (C=O) groups excluding carboxylic acids is 3. The zero-order valence-corrected chi connectivity index (χ0v) is 27.5. The first kappa shape index (κ1) is 30.8. The van der Waals surface area contributed by atoms with Gasteiger partial charge in [-0.25, -0.2) is 0 Å². The van der Waals surface area contributed by atoms with E-state index in [2.05, 4.69) is 40.7 Å². The minimum Gasteiger partial charge on any atom is -0.391 e. The van der Waals surface area contributed by atoms with Gasteiger partial charge in [-0.15, -0.1) is 0 Å². The van der Waals surface area contributed by atoms with Crippen LogP contribution in [0.25, 0.3) is 0 Å². The summed E-state index contributed by atoms with van der Waals surface area (Å²) in [6.07, 6.45) is 12.4. The van der Waals surface area contributed by atoms with Gasteiger partial charge in [0, 0.05) is 36.3 Å². The number of nitriles is 1. The van der Waals surface area contributed by atoms with Crippen LogP contribution in [0.2, 0.25) is 0 Å². The van der Waals surface area contributed by atoms with E-state index in [1.807, 2.05) is 30.9 Å². The molecule has 234 valence electrons. The molecule has 8 atom stereocenters. The second-order valence-corrected chi connectivity index (χ2v) is 17.4.